The molecule has 0 amide bonds. The molecule has 1 atom stereocenters. The molecular weight excluding hydrogens is 272 g/mol. The number of ether oxygens (including phenoxy) is 2. The molecule has 118 valence electrons. The summed E-state index contributed by atoms with van der Waals surface area (Å²) in [6, 6.07) is 4.41. The van der Waals surface area contributed by atoms with Crippen molar-refractivity contribution >= 4 is 5.97 Å². The number of methoxy groups -OCH3 is 1. The number of benzene rings is 1. The monoisotopic (exact) mass is 296 g/mol. The summed E-state index contributed by atoms with van der Waals surface area (Å²) in [4.78, 5) is 13.4. The third-order valence-electron chi connectivity index (χ3n) is 2.98. The van der Waals surface area contributed by atoms with E-state index in [0.717, 1.165) is 6.54 Å². The average Bonchev–Trinajstić information content (AvgIpc) is 2.44. The summed E-state index contributed by atoms with van der Waals surface area (Å²) in [5.74, 6) is 0.233. The minimum Gasteiger partial charge on any atom is -0.493 e. The number of carboxylic acid groups (broad SMARTS) is 1. The van der Waals surface area contributed by atoms with Crippen LogP contribution in [-0.2, 0) is 4.79 Å². The molecule has 0 fully saturated rings. The molecule has 0 aliphatic carbocycles. The van der Waals surface area contributed by atoms with E-state index < -0.39 is 12.0 Å². The fourth-order valence-corrected chi connectivity index (χ4v) is 1.92. The number of carboxylic acids is 1. The van der Waals surface area contributed by atoms with Crippen molar-refractivity contribution in [3.05, 3.63) is 23.8 Å². The molecule has 2 N–H and O–H groups in total. The van der Waals surface area contributed by atoms with Crippen molar-refractivity contribution < 1.29 is 19.4 Å². The van der Waals surface area contributed by atoms with Crippen LogP contribution in [0, 0.1) is 0 Å². The van der Waals surface area contributed by atoms with Crippen LogP contribution in [0.5, 0.6) is 11.5 Å². The third-order valence-corrected chi connectivity index (χ3v) is 2.98. The Balaban J connectivity index is 2.89. The van der Waals surface area contributed by atoms with Gasteiger partial charge in [-0.25, -0.2) is 0 Å². The topological polar surface area (TPSA) is 71.0 Å². The molecule has 6 heteroatoms. The number of rotatable bonds is 9. The summed E-state index contributed by atoms with van der Waals surface area (Å²) in [7, 11) is 5.42. The number of hydrogen-bond donors (Lipinski definition) is 2. The summed E-state index contributed by atoms with van der Waals surface area (Å²) in [6.07, 6.45) is 0. The highest BCUT2D eigenvalue weighted by molar-refractivity contribution is 5.76. The lowest BCUT2D eigenvalue weighted by atomic mass is 10.1. The number of nitrogens with zero attached hydrogens (tertiary/aromatic N) is 1. The van der Waals surface area contributed by atoms with Crippen LogP contribution in [0.4, 0.5) is 0 Å². The zero-order valence-corrected chi connectivity index (χ0v) is 13.0. The Morgan fingerprint density at radius 1 is 1.38 bits per heavy atom. The predicted octanol–water partition coefficient (Wildman–Crippen LogP) is 1.37. The summed E-state index contributed by atoms with van der Waals surface area (Å²) >= 11 is 0. The summed E-state index contributed by atoms with van der Waals surface area (Å²) < 4.78 is 10.7. The maximum Gasteiger partial charge on any atom is 0.325 e. The smallest absolute Gasteiger partial charge is 0.325 e. The molecule has 0 aliphatic rings. The van der Waals surface area contributed by atoms with E-state index in [9.17, 15) is 9.90 Å². The van der Waals surface area contributed by atoms with Gasteiger partial charge in [0.15, 0.2) is 11.5 Å². The first-order valence-electron chi connectivity index (χ1n) is 6.91. The Bertz CT molecular complexity index is 463. The standard InChI is InChI=1S/C15H24N2O4/c1-5-21-12-7-6-11(10-13(12)20-4)14(15(18)19)16-8-9-17(2)3/h6-7,10,14,16H,5,8-9H2,1-4H3,(H,18,19). The van der Waals surface area contributed by atoms with Crippen molar-refractivity contribution in [2.75, 3.05) is 40.9 Å². The van der Waals surface area contributed by atoms with Gasteiger partial charge in [-0.3, -0.25) is 10.1 Å². The SMILES string of the molecule is CCOc1ccc(C(NCCN(C)C)C(=O)O)cc1OC. The molecule has 1 unspecified atom stereocenters. The van der Waals surface area contributed by atoms with Gasteiger partial charge in [-0.15, -0.1) is 0 Å². The lowest BCUT2D eigenvalue weighted by molar-refractivity contribution is -0.139. The second-order valence-corrected chi connectivity index (χ2v) is 4.87. The number of nitrogens with one attached hydrogen (secondary N) is 1. The first-order chi connectivity index (χ1) is 9.99. The molecule has 21 heavy (non-hydrogen) atoms. The normalized spacial score (nSPS) is 12.2. The number of carbonyl (C=O) groups is 1. The minimum atomic E-state index is -0.917. The lowest BCUT2D eigenvalue weighted by Gasteiger charge is -2.18. The highest BCUT2D eigenvalue weighted by Crippen LogP contribution is 2.30. The second kappa shape index (κ2) is 8.49. The summed E-state index contributed by atoms with van der Waals surface area (Å²) in [6.45, 7) is 3.76. The highest BCUT2D eigenvalue weighted by atomic mass is 16.5. The van der Waals surface area contributed by atoms with E-state index in [0.29, 0.717) is 30.2 Å². The number of aliphatic carboxylic acids is 1. The first-order valence-corrected chi connectivity index (χ1v) is 6.91. The van der Waals surface area contributed by atoms with Gasteiger partial charge in [0.1, 0.15) is 6.04 Å². The predicted molar refractivity (Wildman–Crippen MR) is 81.1 cm³/mol. The molecule has 0 heterocycles. The molecule has 0 bridgehead atoms. The minimum absolute atomic E-state index is 0.527. The van der Waals surface area contributed by atoms with Gasteiger partial charge in [0.25, 0.3) is 0 Å². The average molecular weight is 296 g/mol. The van der Waals surface area contributed by atoms with E-state index >= 15 is 0 Å². The van der Waals surface area contributed by atoms with E-state index in [2.05, 4.69) is 5.32 Å². The van der Waals surface area contributed by atoms with Gasteiger partial charge >= 0.3 is 5.97 Å². The van der Waals surface area contributed by atoms with Gasteiger partial charge in [-0.1, -0.05) is 6.07 Å². The number of hydrogen-bond acceptors (Lipinski definition) is 5. The molecular formula is C15H24N2O4. The van der Waals surface area contributed by atoms with Crippen molar-refractivity contribution in [1.29, 1.82) is 0 Å². The van der Waals surface area contributed by atoms with Crippen molar-refractivity contribution in [3.63, 3.8) is 0 Å². The largest absolute Gasteiger partial charge is 0.493 e. The van der Waals surface area contributed by atoms with Crippen LogP contribution in [0.1, 0.15) is 18.5 Å². The van der Waals surface area contributed by atoms with Gasteiger partial charge < -0.3 is 19.5 Å². The maximum atomic E-state index is 11.4. The highest BCUT2D eigenvalue weighted by Gasteiger charge is 2.20. The Morgan fingerprint density at radius 2 is 2.10 bits per heavy atom. The van der Waals surface area contributed by atoms with Crippen LogP contribution in [0.25, 0.3) is 0 Å². The molecule has 0 aliphatic heterocycles. The van der Waals surface area contributed by atoms with E-state index in [1.165, 1.54) is 7.11 Å². The van der Waals surface area contributed by atoms with Crippen LogP contribution in [-0.4, -0.2) is 56.9 Å². The molecule has 6 nitrogen and oxygen atoms in total. The third kappa shape index (κ3) is 5.24. The Morgan fingerprint density at radius 3 is 2.62 bits per heavy atom. The number of likely N-dealkylation sites (N-methyl/N-ethyl adjacent to an activating group) is 1. The molecule has 0 aromatic heterocycles. The van der Waals surface area contributed by atoms with E-state index in [1.807, 2.05) is 25.9 Å². The van der Waals surface area contributed by atoms with Crippen molar-refractivity contribution in [1.82, 2.24) is 10.2 Å². The zero-order chi connectivity index (χ0) is 15.8. The van der Waals surface area contributed by atoms with Gasteiger partial charge in [-0.2, -0.15) is 0 Å². The van der Waals surface area contributed by atoms with E-state index in [4.69, 9.17) is 9.47 Å². The molecule has 0 saturated heterocycles. The Hall–Kier alpha value is -1.79. The van der Waals surface area contributed by atoms with Crippen molar-refractivity contribution in [3.8, 4) is 11.5 Å². The quantitative estimate of drug-likeness (QED) is 0.717. The van der Waals surface area contributed by atoms with Gasteiger partial charge in [0.05, 0.1) is 13.7 Å². The van der Waals surface area contributed by atoms with Crippen molar-refractivity contribution in [2.24, 2.45) is 0 Å². The zero-order valence-electron chi connectivity index (χ0n) is 13.0. The van der Waals surface area contributed by atoms with Gasteiger partial charge in [0.2, 0.25) is 0 Å². The van der Waals surface area contributed by atoms with Crippen LogP contribution < -0.4 is 14.8 Å². The van der Waals surface area contributed by atoms with Gasteiger partial charge in [-0.05, 0) is 38.7 Å². The summed E-state index contributed by atoms with van der Waals surface area (Å²) in [5.41, 5.74) is 0.640. The molecule has 0 spiro atoms. The fourth-order valence-electron chi connectivity index (χ4n) is 1.92. The van der Waals surface area contributed by atoms with Crippen molar-refractivity contribution in [2.45, 2.75) is 13.0 Å². The van der Waals surface area contributed by atoms with E-state index in [-0.39, 0.29) is 0 Å². The van der Waals surface area contributed by atoms with Crippen LogP contribution in [0.15, 0.2) is 18.2 Å². The van der Waals surface area contributed by atoms with E-state index in [1.54, 1.807) is 18.2 Å². The maximum absolute atomic E-state index is 11.4. The Kier molecular flexibility index (Phi) is 6.98. The molecule has 1 rings (SSSR count). The first kappa shape index (κ1) is 17.3. The van der Waals surface area contributed by atoms with Crippen LogP contribution >= 0.6 is 0 Å². The molecule has 0 radical (unpaired) electrons. The van der Waals surface area contributed by atoms with Crippen LogP contribution in [0.3, 0.4) is 0 Å². The fraction of sp³-hybridized carbons (Fsp3) is 0.533. The van der Waals surface area contributed by atoms with Crippen LogP contribution in [0.2, 0.25) is 0 Å². The van der Waals surface area contributed by atoms with Gasteiger partial charge in [0, 0.05) is 13.1 Å². The molecule has 0 saturated carbocycles. The Labute approximate surface area is 125 Å². The molecule has 1 aromatic carbocycles. The second-order valence-electron chi connectivity index (χ2n) is 4.87. The molecule has 1 aromatic rings. The summed E-state index contributed by atoms with van der Waals surface area (Å²) in [5, 5.41) is 12.4. The lowest BCUT2D eigenvalue weighted by Crippen LogP contribution is -2.33.